The molecule has 2 amide bonds. The van der Waals surface area contributed by atoms with E-state index in [4.69, 9.17) is 5.10 Å². The molecule has 0 bridgehead atoms. The summed E-state index contributed by atoms with van der Waals surface area (Å²) in [6.45, 7) is 2.01. The van der Waals surface area contributed by atoms with Crippen molar-refractivity contribution in [3.63, 3.8) is 0 Å². The number of hydrogen-bond acceptors (Lipinski definition) is 5. The summed E-state index contributed by atoms with van der Waals surface area (Å²) in [6.07, 6.45) is 0.476. The number of hydrogen-bond donors (Lipinski definition) is 1. The zero-order valence-electron chi connectivity index (χ0n) is 19.3. The lowest BCUT2D eigenvalue weighted by Gasteiger charge is -2.23. The van der Waals surface area contributed by atoms with E-state index in [0.29, 0.717) is 17.3 Å². The number of rotatable bonds is 5. The number of aryl methyl sites for hydroxylation is 1. The molecule has 182 valence electrons. The van der Waals surface area contributed by atoms with Crippen LogP contribution < -0.4 is 5.32 Å². The molecule has 6 nitrogen and oxygen atoms in total. The largest absolute Gasteiger partial charge is 0.326 e. The fraction of sp³-hybridized carbons (Fsp3) is 0.185. The second-order valence-electron chi connectivity index (χ2n) is 8.63. The second kappa shape index (κ2) is 10.0. The van der Waals surface area contributed by atoms with Gasteiger partial charge in [-0.25, -0.2) is 13.8 Å². The van der Waals surface area contributed by atoms with Crippen LogP contribution in [0.25, 0.3) is 0 Å². The van der Waals surface area contributed by atoms with Gasteiger partial charge in [-0.05, 0) is 54.4 Å². The number of carbonyl (C=O) groups excluding carboxylic acids is 2. The number of nitrogens with zero attached hydrogens (tertiary/aromatic N) is 3. The zero-order valence-corrected chi connectivity index (χ0v) is 20.1. The number of amides is 2. The van der Waals surface area contributed by atoms with E-state index >= 15 is 0 Å². The molecule has 2 aliphatic heterocycles. The average molecular weight is 505 g/mol. The number of hydrazone groups is 1. The molecule has 0 radical (unpaired) electrons. The maximum Gasteiger partial charge on any atom is 0.262 e. The maximum absolute atomic E-state index is 13.5. The minimum atomic E-state index is -0.691. The van der Waals surface area contributed by atoms with E-state index in [1.165, 1.54) is 48.2 Å². The lowest BCUT2D eigenvalue weighted by atomic mass is 9.98. The number of halogens is 2. The van der Waals surface area contributed by atoms with Crippen molar-refractivity contribution in [2.24, 2.45) is 10.1 Å². The van der Waals surface area contributed by atoms with Crippen molar-refractivity contribution in [1.29, 1.82) is 0 Å². The monoisotopic (exact) mass is 504 g/mol. The molecule has 1 N–H and O–H groups in total. The summed E-state index contributed by atoms with van der Waals surface area (Å²) >= 11 is 1.20. The van der Waals surface area contributed by atoms with Gasteiger partial charge in [-0.15, -0.1) is 0 Å². The summed E-state index contributed by atoms with van der Waals surface area (Å²) in [4.78, 5) is 29.4. The quantitative estimate of drug-likeness (QED) is 0.501. The van der Waals surface area contributed by atoms with Gasteiger partial charge in [-0.3, -0.25) is 9.59 Å². The zero-order chi connectivity index (χ0) is 25.2. The van der Waals surface area contributed by atoms with E-state index in [2.05, 4.69) is 10.3 Å². The molecule has 0 unspecified atom stereocenters. The normalized spacial score (nSPS) is 19.3. The van der Waals surface area contributed by atoms with Crippen LogP contribution >= 0.6 is 11.8 Å². The van der Waals surface area contributed by atoms with Gasteiger partial charge in [0, 0.05) is 18.5 Å². The van der Waals surface area contributed by atoms with Crippen molar-refractivity contribution in [3.05, 3.63) is 101 Å². The molecule has 2 heterocycles. The highest BCUT2D eigenvalue weighted by Gasteiger charge is 2.39. The van der Waals surface area contributed by atoms with Crippen LogP contribution in [0.5, 0.6) is 0 Å². The van der Waals surface area contributed by atoms with E-state index in [0.717, 1.165) is 22.4 Å². The first-order valence-electron chi connectivity index (χ1n) is 11.4. The lowest BCUT2D eigenvalue weighted by molar-refractivity contribution is -0.121. The molecule has 0 aliphatic carbocycles. The van der Waals surface area contributed by atoms with Gasteiger partial charge in [0.15, 0.2) is 5.17 Å². The molecular weight excluding hydrogens is 482 g/mol. The average Bonchev–Trinajstić information content (AvgIpc) is 3.45. The molecule has 36 heavy (non-hydrogen) atoms. The number of nitrogens with one attached hydrogen (secondary N) is 1. The Balaban J connectivity index is 1.35. The first-order valence-corrected chi connectivity index (χ1v) is 12.3. The number of anilines is 1. The number of thioether (sulfide) groups is 1. The van der Waals surface area contributed by atoms with Crippen LogP contribution in [-0.2, 0) is 9.59 Å². The Morgan fingerprint density at radius 3 is 2.31 bits per heavy atom. The highest BCUT2D eigenvalue weighted by molar-refractivity contribution is 8.15. The lowest BCUT2D eigenvalue weighted by Crippen LogP contribution is -2.25. The van der Waals surface area contributed by atoms with Crippen molar-refractivity contribution in [2.75, 3.05) is 5.32 Å². The van der Waals surface area contributed by atoms with Crippen molar-refractivity contribution >= 4 is 40.1 Å². The summed E-state index contributed by atoms with van der Waals surface area (Å²) in [6, 6.07) is 19.4. The van der Waals surface area contributed by atoms with E-state index in [1.54, 1.807) is 17.1 Å². The van der Waals surface area contributed by atoms with Gasteiger partial charge < -0.3 is 5.32 Å². The topological polar surface area (TPSA) is 74.1 Å². The molecule has 0 spiro atoms. The molecule has 2 atom stereocenters. The van der Waals surface area contributed by atoms with Crippen LogP contribution in [0.1, 0.15) is 35.6 Å². The minimum absolute atomic E-state index is 0.0779. The molecule has 0 saturated heterocycles. The van der Waals surface area contributed by atoms with Crippen molar-refractivity contribution in [3.8, 4) is 0 Å². The van der Waals surface area contributed by atoms with Gasteiger partial charge in [0.05, 0.1) is 11.8 Å². The first-order chi connectivity index (χ1) is 17.4. The van der Waals surface area contributed by atoms with Gasteiger partial charge in [0.25, 0.3) is 5.91 Å². The highest BCUT2D eigenvalue weighted by Crippen LogP contribution is 2.38. The van der Waals surface area contributed by atoms with Gasteiger partial charge in [-0.1, -0.05) is 53.7 Å². The smallest absolute Gasteiger partial charge is 0.262 e. The molecule has 0 fully saturated rings. The molecule has 5 rings (SSSR count). The van der Waals surface area contributed by atoms with Crippen molar-refractivity contribution in [2.45, 2.75) is 31.1 Å². The highest BCUT2D eigenvalue weighted by atomic mass is 32.2. The van der Waals surface area contributed by atoms with Crippen LogP contribution in [0.4, 0.5) is 14.5 Å². The van der Waals surface area contributed by atoms with Crippen LogP contribution in [0, 0.1) is 18.6 Å². The van der Waals surface area contributed by atoms with Crippen LogP contribution in [-0.4, -0.2) is 33.0 Å². The summed E-state index contributed by atoms with van der Waals surface area (Å²) < 4.78 is 26.6. The number of aliphatic imine (C=N–C) groups is 1. The molecule has 3 aromatic rings. The SMILES string of the molecule is Cc1ccc([C@H]2CC(c3ccc(F)cc3)=NN2C2=NC(=O)[C@H](CC(=O)Nc3ccc(F)cc3)S2)cc1. The summed E-state index contributed by atoms with van der Waals surface area (Å²) in [5.74, 6) is -1.50. The Bertz CT molecular complexity index is 1360. The molecule has 0 aromatic heterocycles. The third-order valence-electron chi connectivity index (χ3n) is 5.97. The van der Waals surface area contributed by atoms with Crippen molar-refractivity contribution < 1.29 is 18.4 Å². The standard InChI is InChI=1S/C27H22F2N4O2S/c1-16-2-4-18(5-3-16)23-14-22(17-6-8-19(28)9-7-17)32-33(23)27-31-26(35)24(36-27)15-25(34)30-21-12-10-20(29)11-13-21/h2-13,23-24H,14-15H2,1H3,(H,30,34)/t23-,24+/m1/s1. The van der Waals surface area contributed by atoms with Gasteiger partial charge in [0.1, 0.15) is 16.9 Å². The predicted molar refractivity (Wildman–Crippen MR) is 137 cm³/mol. The van der Waals surface area contributed by atoms with Gasteiger partial charge in [-0.2, -0.15) is 10.1 Å². The molecular formula is C27H22F2N4O2S. The maximum atomic E-state index is 13.5. The van der Waals surface area contributed by atoms with Gasteiger partial charge >= 0.3 is 0 Å². The minimum Gasteiger partial charge on any atom is -0.326 e. The third kappa shape index (κ3) is 5.21. The van der Waals surface area contributed by atoms with Crippen molar-refractivity contribution in [1.82, 2.24) is 5.01 Å². The number of benzene rings is 3. The second-order valence-corrected chi connectivity index (χ2v) is 9.80. The fourth-order valence-electron chi connectivity index (χ4n) is 4.07. The summed E-state index contributed by atoms with van der Waals surface area (Å²) in [5.41, 5.74) is 4.13. The number of amidine groups is 1. The predicted octanol–water partition coefficient (Wildman–Crippen LogP) is 5.45. The Hall–Kier alpha value is -3.85. The van der Waals surface area contributed by atoms with E-state index < -0.39 is 17.0 Å². The molecule has 0 saturated carbocycles. The Morgan fingerprint density at radius 2 is 1.64 bits per heavy atom. The van der Waals surface area contributed by atoms with Gasteiger partial charge in [0.2, 0.25) is 5.91 Å². The molecule has 2 aliphatic rings. The Kier molecular flexibility index (Phi) is 6.65. The number of carbonyl (C=O) groups is 2. The first kappa shape index (κ1) is 23.9. The van der Waals surface area contributed by atoms with Crippen LogP contribution in [0.3, 0.4) is 0 Å². The van der Waals surface area contributed by atoms with E-state index in [9.17, 15) is 18.4 Å². The van der Waals surface area contributed by atoms with Crippen LogP contribution in [0.2, 0.25) is 0 Å². The fourth-order valence-corrected chi connectivity index (χ4v) is 5.13. The molecule has 9 heteroatoms. The van der Waals surface area contributed by atoms with E-state index in [-0.39, 0.29) is 24.2 Å². The summed E-state index contributed by atoms with van der Waals surface area (Å²) in [5, 5.41) is 8.90. The summed E-state index contributed by atoms with van der Waals surface area (Å²) in [7, 11) is 0. The Morgan fingerprint density at radius 1 is 1.00 bits per heavy atom. The Labute approximate surface area is 211 Å². The van der Waals surface area contributed by atoms with Crippen LogP contribution in [0.15, 0.2) is 82.9 Å². The molecule has 3 aromatic carbocycles. The van der Waals surface area contributed by atoms with E-state index in [1.807, 2.05) is 31.2 Å². The third-order valence-corrected chi connectivity index (χ3v) is 7.12.